The number of rotatable bonds is 3. The average molecular weight is 136 g/mol. The van der Waals surface area contributed by atoms with Gasteiger partial charge in [0.15, 0.2) is 0 Å². The predicted octanol–water partition coefficient (Wildman–Crippen LogP) is 2.73. The first kappa shape index (κ1) is 8.86. The minimum atomic E-state index is -1.32. The van der Waals surface area contributed by atoms with Crippen LogP contribution in [0.25, 0.3) is 0 Å². The van der Waals surface area contributed by atoms with Crippen LogP contribution in [0.15, 0.2) is 0 Å². The number of hydrogen-bond acceptors (Lipinski definition) is 0. The van der Waals surface area contributed by atoms with Gasteiger partial charge in [-0.2, -0.15) is 0 Å². The third-order valence-electron chi connectivity index (χ3n) is 1.63. The highest BCUT2D eigenvalue weighted by Crippen LogP contribution is 2.16. The Balaban J connectivity index is 3.58. The van der Waals surface area contributed by atoms with Crippen LogP contribution in [0.2, 0.25) is 0 Å². The lowest BCUT2D eigenvalue weighted by molar-refractivity contribution is 0.127. The molecule has 0 aromatic rings. The Hall–Kier alpha value is -0.140. The van der Waals surface area contributed by atoms with Crippen molar-refractivity contribution in [3.8, 4) is 0 Å². The van der Waals surface area contributed by atoms with Crippen molar-refractivity contribution in [1.82, 2.24) is 0 Å². The maximum atomic E-state index is 12.5. The van der Waals surface area contributed by atoms with E-state index in [4.69, 9.17) is 0 Å². The van der Waals surface area contributed by atoms with Crippen LogP contribution >= 0.6 is 0 Å². The lowest BCUT2D eigenvalue weighted by atomic mass is 10.0. The Morgan fingerprint density at radius 3 is 1.78 bits per heavy atom. The minimum absolute atomic E-state index is 0.148. The van der Waals surface area contributed by atoms with Crippen LogP contribution in [0, 0.1) is 5.92 Å². The molecule has 0 heterocycles. The summed E-state index contributed by atoms with van der Waals surface area (Å²) < 4.78 is 24.7. The van der Waals surface area contributed by atoms with Crippen LogP contribution in [0.3, 0.4) is 0 Å². The van der Waals surface area contributed by atoms with E-state index in [1.165, 1.54) is 6.92 Å². The molecule has 0 saturated carbocycles. The third kappa shape index (κ3) is 2.78. The topological polar surface area (TPSA) is 0 Å². The summed E-state index contributed by atoms with van der Waals surface area (Å²) in [6, 6.07) is 0. The zero-order valence-corrected chi connectivity index (χ0v) is 6.20. The summed E-state index contributed by atoms with van der Waals surface area (Å²) in [5.41, 5.74) is 0. The summed E-state index contributed by atoms with van der Waals surface area (Å²) in [6.07, 6.45) is -1.90. The second-order valence-electron chi connectivity index (χ2n) is 2.51. The highest BCUT2D eigenvalue weighted by molar-refractivity contribution is 4.68. The van der Waals surface area contributed by atoms with Gasteiger partial charge < -0.3 is 0 Å². The smallest absolute Gasteiger partial charge is 0.133 e. The maximum Gasteiger partial charge on any atom is 0.133 e. The highest BCUT2D eigenvalue weighted by Gasteiger charge is 2.20. The fourth-order valence-corrected chi connectivity index (χ4v) is 0.678. The van der Waals surface area contributed by atoms with E-state index in [0.29, 0.717) is 6.42 Å². The molecule has 3 atom stereocenters. The third-order valence-corrected chi connectivity index (χ3v) is 1.63. The van der Waals surface area contributed by atoms with Crippen molar-refractivity contribution in [1.29, 1.82) is 0 Å². The molecule has 56 valence electrons. The molecule has 0 nitrogen and oxygen atoms in total. The normalized spacial score (nSPS) is 21.0. The summed E-state index contributed by atoms with van der Waals surface area (Å²) in [5, 5.41) is 0. The lowest BCUT2D eigenvalue weighted by Gasteiger charge is -2.14. The summed E-state index contributed by atoms with van der Waals surface area (Å²) >= 11 is 0. The zero-order chi connectivity index (χ0) is 7.44. The molecule has 0 amide bonds. The Bertz CT molecular complexity index is 71.3. The molecule has 9 heavy (non-hydrogen) atoms. The SMILES string of the molecule is CC[C@@H](C)[C@@H](F)[C@H](C)F. The molecular weight excluding hydrogens is 122 g/mol. The van der Waals surface area contributed by atoms with Crippen molar-refractivity contribution < 1.29 is 8.78 Å². The first-order valence-electron chi connectivity index (χ1n) is 3.37. The van der Waals surface area contributed by atoms with E-state index in [2.05, 4.69) is 0 Å². The van der Waals surface area contributed by atoms with Crippen molar-refractivity contribution >= 4 is 0 Å². The van der Waals surface area contributed by atoms with Gasteiger partial charge in [0, 0.05) is 0 Å². The van der Waals surface area contributed by atoms with Crippen molar-refractivity contribution in [2.45, 2.75) is 39.5 Å². The monoisotopic (exact) mass is 136 g/mol. The first-order chi connectivity index (χ1) is 4.09. The second kappa shape index (κ2) is 3.80. The quantitative estimate of drug-likeness (QED) is 0.559. The lowest BCUT2D eigenvalue weighted by Crippen LogP contribution is -2.21. The molecular formula is C7H14F2. The van der Waals surface area contributed by atoms with E-state index in [1.807, 2.05) is 6.92 Å². The van der Waals surface area contributed by atoms with Crippen LogP contribution in [0.4, 0.5) is 8.78 Å². The number of alkyl halides is 2. The Morgan fingerprint density at radius 1 is 1.22 bits per heavy atom. The fourth-order valence-electron chi connectivity index (χ4n) is 0.678. The maximum absolute atomic E-state index is 12.5. The van der Waals surface area contributed by atoms with E-state index >= 15 is 0 Å². The largest absolute Gasteiger partial charge is 0.245 e. The first-order valence-corrected chi connectivity index (χ1v) is 3.37. The number of hydrogen-bond donors (Lipinski definition) is 0. The van der Waals surface area contributed by atoms with E-state index in [9.17, 15) is 8.78 Å². The zero-order valence-electron chi connectivity index (χ0n) is 6.20. The molecule has 0 fully saturated rings. The summed E-state index contributed by atoms with van der Waals surface area (Å²) in [5.74, 6) is -0.148. The standard InChI is InChI=1S/C7H14F2/c1-4-5(2)7(9)6(3)8/h5-7H,4H2,1-3H3/t5-,6+,7-/m1/s1. The predicted molar refractivity (Wildman–Crippen MR) is 34.9 cm³/mol. The van der Waals surface area contributed by atoms with E-state index < -0.39 is 12.3 Å². The van der Waals surface area contributed by atoms with Gasteiger partial charge in [-0.25, -0.2) is 8.78 Å². The van der Waals surface area contributed by atoms with E-state index in [0.717, 1.165) is 0 Å². The Morgan fingerprint density at radius 2 is 1.67 bits per heavy atom. The molecule has 0 bridgehead atoms. The molecule has 2 heteroatoms. The van der Waals surface area contributed by atoms with Crippen LogP contribution in [0.5, 0.6) is 0 Å². The molecule has 0 aliphatic rings. The van der Waals surface area contributed by atoms with Gasteiger partial charge >= 0.3 is 0 Å². The summed E-state index contributed by atoms with van der Waals surface area (Å²) in [4.78, 5) is 0. The molecule has 0 N–H and O–H groups in total. The number of halogens is 2. The van der Waals surface area contributed by atoms with Crippen LogP contribution < -0.4 is 0 Å². The summed E-state index contributed by atoms with van der Waals surface area (Å²) in [7, 11) is 0. The Labute approximate surface area is 55.3 Å². The van der Waals surface area contributed by atoms with Gasteiger partial charge in [-0.1, -0.05) is 20.3 Å². The fraction of sp³-hybridized carbons (Fsp3) is 1.00. The highest BCUT2D eigenvalue weighted by atomic mass is 19.2. The molecule has 0 rings (SSSR count). The van der Waals surface area contributed by atoms with Crippen molar-refractivity contribution in [2.24, 2.45) is 5.92 Å². The van der Waals surface area contributed by atoms with Gasteiger partial charge in [-0.05, 0) is 12.8 Å². The molecule has 0 spiro atoms. The van der Waals surface area contributed by atoms with Gasteiger partial charge in [-0.3, -0.25) is 0 Å². The average Bonchev–Trinajstić information content (AvgIpc) is 1.84. The molecule has 0 aliphatic carbocycles. The van der Waals surface area contributed by atoms with Gasteiger partial charge in [-0.15, -0.1) is 0 Å². The Kier molecular flexibility index (Phi) is 3.75. The summed E-state index contributed by atoms with van der Waals surface area (Å²) in [6.45, 7) is 4.84. The molecule has 0 saturated heterocycles. The van der Waals surface area contributed by atoms with Crippen LogP contribution in [0.1, 0.15) is 27.2 Å². The minimum Gasteiger partial charge on any atom is -0.245 e. The van der Waals surface area contributed by atoms with E-state index in [-0.39, 0.29) is 5.92 Å². The van der Waals surface area contributed by atoms with Crippen molar-refractivity contribution in [3.05, 3.63) is 0 Å². The molecule has 0 radical (unpaired) electrons. The molecule has 0 aliphatic heterocycles. The van der Waals surface area contributed by atoms with E-state index in [1.54, 1.807) is 6.92 Å². The molecule has 0 aromatic carbocycles. The molecule has 0 unspecified atom stereocenters. The van der Waals surface area contributed by atoms with Crippen LogP contribution in [-0.2, 0) is 0 Å². The van der Waals surface area contributed by atoms with Crippen LogP contribution in [-0.4, -0.2) is 12.3 Å². The van der Waals surface area contributed by atoms with Crippen molar-refractivity contribution in [2.75, 3.05) is 0 Å². The van der Waals surface area contributed by atoms with Gasteiger partial charge in [0.05, 0.1) is 0 Å². The molecule has 0 aromatic heterocycles. The van der Waals surface area contributed by atoms with Gasteiger partial charge in [0.1, 0.15) is 12.3 Å². The van der Waals surface area contributed by atoms with Gasteiger partial charge in [0.25, 0.3) is 0 Å². The van der Waals surface area contributed by atoms with Crippen molar-refractivity contribution in [3.63, 3.8) is 0 Å². The second-order valence-corrected chi connectivity index (χ2v) is 2.51. The van der Waals surface area contributed by atoms with Gasteiger partial charge in [0.2, 0.25) is 0 Å².